The van der Waals surface area contributed by atoms with Gasteiger partial charge in [0.05, 0.1) is 0 Å². The molecular weight excluding hydrogens is 246 g/mol. The van der Waals surface area contributed by atoms with Crippen molar-refractivity contribution in [2.24, 2.45) is 0 Å². The molecule has 2 heteroatoms. The van der Waals surface area contributed by atoms with Gasteiger partial charge < -0.3 is 10.4 Å². The minimum atomic E-state index is 0.0903. The quantitative estimate of drug-likeness (QED) is 0.841. The highest BCUT2D eigenvalue weighted by atomic mass is 16.3. The Labute approximate surface area is 121 Å². The molecule has 0 aliphatic rings. The first-order chi connectivity index (χ1) is 9.70. The van der Waals surface area contributed by atoms with Crippen molar-refractivity contribution in [2.45, 2.75) is 25.2 Å². The number of rotatable bonds is 6. The second-order valence-corrected chi connectivity index (χ2v) is 5.37. The number of nitrogens with one attached hydrogen (secondary N) is 1. The molecule has 2 aromatic carbocycles. The molecule has 0 bridgehead atoms. The summed E-state index contributed by atoms with van der Waals surface area (Å²) in [5.74, 6) is 0.323. The molecule has 2 nitrogen and oxygen atoms in total. The summed E-state index contributed by atoms with van der Waals surface area (Å²) in [6.07, 6.45) is 2.04. The SMILES string of the molecule is CCC(CNC)(Cc1ccc(O)cc1)c1ccccc1. The zero-order chi connectivity index (χ0) is 14.4. The molecule has 0 saturated carbocycles. The minimum Gasteiger partial charge on any atom is -0.508 e. The monoisotopic (exact) mass is 269 g/mol. The number of hydrogen-bond donors (Lipinski definition) is 2. The van der Waals surface area contributed by atoms with E-state index >= 15 is 0 Å². The molecule has 106 valence electrons. The Hall–Kier alpha value is -1.80. The Morgan fingerprint density at radius 3 is 2.20 bits per heavy atom. The first-order valence-electron chi connectivity index (χ1n) is 7.18. The zero-order valence-electron chi connectivity index (χ0n) is 12.3. The van der Waals surface area contributed by atoms with Gasteiger partial charge in [0.1, 0.15) is 5.75 Å². The van der Waals surface area contributed by atoms with Crippen LogP contribution in [-0.4, -0.2) is 18.7 Å². The molecule has 0 heterocycles. The summed E-state index contributed by atoms with van der Waals surface area (Å²) in [5.41, 5.74) is 2.71. The third kappa shape index (κ3) is 3.20. The number of hydrogen-bond acceptors (Lipinski definition) is 2. The fourth-order valence-corrected chi connectivity index (χ4v) is 2.86. The number of phenolic OH excluding ortho intramolecular Hbond substituents is 1. The van der Waals surface area contributed by atoms with Crippen LogP contribution < -0.4 is 5.32 Å². The van der Waals surface area contributed by atoms with Crippen molar-refractivity contribution in [3.8, 4) is 5.75 Å². The van der Waals surface area contributed by atoms with E-state index in [1.54, 1.807) is 12.1 Å². The summed E-state index contributed by atoms with van der Waals surface area (Å²) in [6.45, 7) is 3.18. The number of aromatic hydroxyl groups is 1. The number of likely N-dealkylation sites (N-methyl/N-ethyl adjacent to an activating group) is 1. The van der Waals surface area contributed by atoms with Crippen LogP contribution in [-0.2, 0) is 11.8 Å². The summed E-state index contributed by atoms with van der Waals surface area (Å²) in [4.78, 5) is 0. The van der Waals surface area contributed by atoms with Gasteiger partial charge in [0.25, 0.3) is 0 Å². The lowest BCUT2D eigenvalue weighted by atomic mass is 9.73. The number of benzene rings is 2. The summed E-state index contributed by atoms with van der Waals surface area (Å²) in [7, 11) is 2.00. The van der Waals surface area contributed by atoms with Gasteiger partial charge in [0, 0.05) is 12.0 Å². The van der Waals surface area contributed by atoms with Gasteiger partial charge in [-0.1, -0.05) is 49.4 Å². The van der Waals surface area contributed by atoms with E-state index in [1.165, 1.54) is 11.1 Å². The van der Waals surface area contributed by atoms with Crippen LogP contribution in [0.1, 0.15) is 24.5 Å². The topological polar surface area (TPSA) is 32.3 Å². The van der Waals surface area contributed by atoms with Crippen LogP contribution >= 0.6 is 0 Å². The molecular formula is C18H23NO. The Morgan fingerprint density at radius 2 is 1.65 bits per heavy atom. The Bertz CT molecular complexity index is 521. The average Bonchev–Trinajstić information content (AvgIpc) is 2.50. The largest absolute Gasteiger partial charge is 0.508 e. The Morgan fingerprint density at radius 1 is 1.00 bits per heavy atom. The van der Waals surface area contributed by atoms with Crippen molar-refractivity contribution in [1.29, 1.82) is 0 Å². The molecule has 0 aliphatic carbocycles. The van der Waals surface area contributed by atoms with Crippen LogP contribution in [0.4, 0.5) is 0 Å². The van der Waals surface area contributed by atoms with Gasteiger partial charge >= 0.3 is 0 Å². The van der Waals surface area contributed by atoms with Gasteiger partial charge in [0.15, 0.2) is 0 Å². The predicted molar refractivity (Wildman–Crippen MR) is 84.1 cm³/mol. The second-order valence-electron chi connectivity index (χ2n) is 5.37. The molecule has 0 radical (unpaired) electrons. The third-order valence-corrected chi connectivity index (χ3v) is 4.06. The summed E-state index contributed by atoms with van der Waals surface area (Å²) < 4.78 is 0. The molecule has 2 aromatic rings. The van der Waals surface area contributed by atoms with Crippen molar-refractivity contribution in [1.82, 2.24) is 5.32 Å². The molecule has 0 saturated heterocycles. The maximum atomic E-state index is 9.42. The maximum Gasteiger partial charge on any atom is 0.115 e. The van der Waals surface area contributed by atoms with E-state index in [0.29, 0.717) is 5.75 Å². The second kappa shape index (κ2) is 6.58. The molecule has 0 aromatic heterocycles. The standard InChI is InChI=1S/C18H23NO/c1-3-18(14-19-2,16-7-5-4-6-8-16)13-15-9-11-17(20)12-10-15/h4-12,19-20H,3,13-14H2,1-2H3. The van der Waals surface area contributed by atoms with Gasteiger partial charge in [-0.2, -0.15) is 0 Å². The van der Waals surface area contributed by atoms with Crippen molar-refractivity contribution in [2.75, 3.05) is 13.6 Å². The molecule has 1 unspecified atom stereocenters. The molecule has 0 spiro atoms. The highest BCUT2D eigenvalue weighted by molar-refractivity contribution is 5.32. The smallest absolute Gasteiger partial charge is 0.115 e. The first-order valence-corrected chi connectivity index (χ1v) is 7.18. The molecule has 2 N–H and O–H groups in total. The van der Waals surface area contributed by atoms with E-state index < -0.39 is 0 Å². The summed E-state index contributed by atoms with van der Waals surface area (Å²) >= 11 is 0. The highest BCUT2D eigenvalue weighted by Gasteiger charge is 2.29. The lowest BCUT2D eigenvalue weighted by molar-refractivity contribution is 0.390. The Balaban J connectivity index is 2.34. The molecule has 0 aliphatic heterocycles. The molecule has 0 amide bonds. The van der Waals surface area contributed by atoms with E-state index in [9.17, 15) is 5.11 Å². The lowest BCUT2D eigenvalue weighted by Crippen LogP contribution is -2.38. The van der Waals surface area contributed by atoms with Gasteiger partial charge in [0.2, 0.25) is 0 Å². The van der Waals surface area contributed by atoms with Gasteiger partial charge in [-0.25, -0.2) is 0 Å². The summed E-state index contributed by atoms with van der Waals surface area (Å²) in [5, 5.41) is 12.8. The zero-order valence-corrected chi connectivity index (χ0v) is 12.3. The van der Waals surface area contributed by atoms with Crippen molar-refractivity contribution in [3.63, 3.8) is 0 Å². The van der Waals surface area contributed by atoms with Crippen LogP contribution in [0, 0.1) is 0 Å². The third-order valence-electron chi connectivity index (χ3n) is 4.06. The van der Waals surface area contributed by atoms with E-state index in [1.807, 2.05) is 19.2 Å². The fourth-order valence-electron chi connectivity index (χ4n) is 2.86. The highest BCUT2D eigenvalue weighted by Crippen LogP contribution is 2.32. The molecule has 20 heavy (non-hydrogen) atoms. The predicted octanol–water partition coefficient (Wildman–Crippen LogP) is 3.50. The van der Waals surface area contributed by atoms with Crippen molar-refractivity contribution >= 4 is 0 Å². The fraction of sp³-hybridized carbons (Fsp3) is 0.333. The van der Waals surface area contributed by atoms with Gasteiger partial charge in [-0.3, -0.25) is 0 Å². The normalized spacial score (nSPS) is 13.9. The Kier molecular flexibility index (Phi) is 4.80. The lowest BCUT2D eigenvalue weighted by Gasteiger charge is -2.33. The maximum absolute atomic E-state index is 9.42. The molecule has 0 fully saturated rings. The first kappa shape index (κ1) is 14.6. The van der Waals surface area contributed by atoms with Crippen LogP contribution in [0.3, 0.4) is 0 Å². The van der Waals surface area contributed by atoms with E-state index in [4.69, 9.17) is 0 Å². The van der Waals surface area contributed by atoms with Gasteiger partial charge in [-0.05, 0) is 43.1 Å². The minimum absolute atomic E-state index is 0.0903. The van der Waals surface area contributed by atoms with Crippen LogP contribution in [0.5, 0.6) is 5.75 Å². The average molecular weight is 269 g/mol. The van der Waals surface area contributed by atoms with Crippen LogP contribution in [0.15, 0.2) is 54.6 Å². The van der Waals surface area contributed by atoms with E-state index in [-0.39, 0.29) is 5.41 Å². The van der Waals surface area contributed by atoms with E-state index in [2.05, 4.69) is 42.6 Å². The van der Waals surface area contributed by atoms with Crippen LogP contribution in [0.25, 0.3) is 0 Å². The molecule has 2 rings (SSSR count). The van der Waals surface area contributed by atoms with Gasteiger partial charge in [-0.15, -0.1) is 0 Å². The van der Waals surface area contributed by atoms with Crippen LogP contribution in [0.2, 0.25) is 0 Å². The van der Waals surface area contributed by atoms with Crippen molar-refractivity contribution in [3.05, 3.63) is 65.7 Å². The van der Waals surface area contributed by atoms with Crippen molar-refractivity contribution < 1.29 is 5.11 Å². The number of phenols is 1. The van der Waals surface area contributed by atoms with E-state index in [0.717, 1.165) is 19.4 Å². The summed E-state index contributed by atoms with van der Waals surface area (Å²) in [6, 6.07) is 18.2. The molecule has 1 atom stereocenters.